The van der Waals surface area contributed by atoms with Crippen molar-refractivity contribution in [2.24, 2.45) is 0 Å². The Labute approximate surface area is 362 Å². The van der Waals surface area contributed by atoms with Gasteiger partial charge in [-0.05, 0) is 97.7 Å². The van der Waals surface area contributed by atoms with Crippen molar-refractivity contribution in [2.45, 2.75) is 0 Å². The Bertz CT molecular complexity index is 3580. The number of nitrogens with zero attached hydrogens (tertiary/aromatic N) is 1. The van der Waals surface area contributed by atoms with Crippen LogP contribution >= 0.6 is 22.7 Å². The highest BCUT2D eigenvalue weighted by Gasteiger charge is 2.24. The minimum absolute atomic E-state index is 1.12. The third kappa shape index (κ3) is 6.13. The number of fused-ring (bicyclic) bond motifs is 7. The number of benzene rings is 10. The zero-order valence-corrected chi connectivity index (χ0v) is 34.8. The molecule has 0 amide bonds. The summed E-state index contributed by atoms with van der Waals surface area (Å²) in [6, 6.07) is 82.3. The molecule has 0 radical (unpaired) electrons. The molecule has 0 bridgehead atoms. The maximum Gasteiger partial charge on any atom is 0.0640 e. The predicted molar refractivity (Wildman–Crippen MR) is 266 cm³/mol. The molecule has 0 aliphatic carbocycles. The van der Waals surface area contributed by atoms with Crippen LogP contribution in [-0.4, -0.2) is 0 Å². The molecule has 0 N–H and O–H groups in total. The van der Waals surface area contributed by atoms with E-state index in [1.165, 1.54) is 107 Å². The van der Waals surface area contributed by atoms with Crippen LogP contribution in [-0.2, 0) is 0 Å². The molecule has 12 aromatic rings. The molecule has 0 atom stereocenters. The van der Waals surface area contributed by atoms with E-state index in [0.717, 1.165) is 5.69 Å². The smallest absolute Gasteiger partial charge is 0.0640 e. The van der Waals surface area contributed by atoms with Crippen molar-refractivity contribution >= 4 is 90.9 Å². The van der Waals surface area contributed by atoms with E-state index >= 15 is 0 Å². The Morgan fingerprint density at radius 3 is 1.75 bits per heavy atom. The highest BCUT2D eigenvalue weighted by Crippen LogP contribution is 2.51. The van der Waals surface area contributed by atoms with Gasteiger partial charge in [-0.25, -0.2) is 0 Å². The molecule has 2 aromatic heterocycles. The van der Waals surface area contributed by atoms with Crippen LogP contribution < -0.4 is 4.90 Å². The van der Waals surface area contributed by atoms with Crippen LogP contribution in [0.25, 0.3) is 95.6 Å². The number of hydrogen-bond donors (Lipinski definition) is 0. The van der Waals surface area contributed by atoms with Crippen LogP contribution in [0.15, 0.2) is 224 Å². The third-order valence-electron chi connectivity index (χ3n) is 12.1. The second kappa shape index (κ2) is 14.8. The molecule has 0 aliphatic heterocycles. The molecule has 0 fully saturated rings. The molecule has 2 heterocycles. The van der Waals surface area contributed by atoms with Gasteiger partial charge in [0.1, 0.15) is 0 Å². The summed E-state index contributed by atoms with van der Waals surface area (Å²) in [6.07, 6.45) is 0. The van der Waals surface area contributed by atoms with Crippen molar-refractivity contribution in [3.63, 3.8) is 0 Å². The average molecular weight is 812 g/mol. The summed E-state index contributed by atoms with van der Waals surface area (Å²) in [5.74, 6) is 0. The van der Waals surface area contributed by atoms with Crippen molar-refractivity contribution in [1.29, 1.82) is 0 Å². The van der Waals surface area contributed by atoms with Crippen LogP contribution in [0.5, 0.6) is 0 Å². The topological polar surface area (TPSA) is 3.24 Å². The standard InChI is InChI=1S/C58H37NS2/c1-3-14-38(15-4-1)43-30-33-49-50-25-13-26-53(57(50)61-55(49)37-43)59(52-35-34-48(41-16-5-2-6-17-41)58-56(52)51-23-9-10-27-54(51)60-58)45-31-28-39(29-32-45)42-20-11-21-44(36-42)47-24-12-19-40-18-7-8-22-46(40)47/h1-37H. The first-order valence-electron chi connectivity index (χ1n) is 20.7. The van der Waals surface area contributed by atoms with Gasteiger partial charge < -0.3 is 4.90 Å². The Balaban J connectivity index is 1.06. The Hall–Kier alpha value is -7.30. The maximum absolute atomic E-state index is 2.52. The zero-order valence-electron chi connectivity index (χ0n) is 33.1. The Morgan fingerprint density at radius 2 is 0.902 bits per heavy atom. The van der Waals surface area contributed by atoms with Gasteiger partial charge in [0.15, 0.2) is 0 Å². The van der Waals surface area contributed by atoms with Gasteiger partial charge in [-0.3, -0.25) is 0 Å². The van der Waals surface area contributed by atoms with Gasteiger partial charge in [0, 0.05) is 41.3 Å². The van der Waals surface area contributed by atoms with Gasteiger partial charge in [0.05, 0.1) is 16.1 Å². The molecule has 0 spiro atoms. The second-order valence-electron chi connectivity index (χ2n) is 15.6. The number of hydrogen-bond acceptors (Lipinski definition) is 3. The van der Waals surface area contributed by atoms with E-state index in [1.807, 2.05) is 22.7 Å². The van der Waals surface area contributed by atoms with E-state index in [9.17, 15) is 0 Å². The molecule has 0 saturated carbocycles. The molecule has 0 saturated heterocycles. The quantitative estimate of drug-likeness (QED) is 0.155. The van der Waals surface area contributed by atoms with E-state index in [4.69, 9.17) is 0 Å². The predicted octanol–water partition coefficient (Wildman–Crippen LogP) is 17.7. The Morgan fingerprint density at radius 1 is 0.295 bits per heavy atom. The molecule has 10 aromatic carbocycles. The van der Waals surface area contributed by atoms with Gasteiger partial charge in [-0.15, -0.1) is 22.7 Å². The zero-order chi connectivity index (χ0) is 40.3. The van der Waals surface area contributed by atoms with Gasteiger partial charge >= 0.3 is 0 Å². The van der Waals surface area contributed by atoms with Crippen molar-refractivity contribution in [1.82, 2.24) is 0 Å². The minimum atomic E-state index is 1.12. The summed E-state index contributed by atoms with van der Waals surface area (Å²) in [6.45, 7) is 0. The van der Waals surface area contributed by atoms with Crippen molar-refractivity contribution in [3.05, 3.63) is 224 Å². The fourth-order valence-electron chi connectivity index (χ4n) is 9.17. The molecule has 286 valence electrons. The van der Waals surface area contributed by atoms with E-state index in [2.05, 4.69) is 229 Å². The van der Waals surface area contributed by atoms with E-state index in [0.29, 0.717) is 0 Å². The lowest BCUT2D eigenvalue weighted by molar-refractivity contribution is 1.32. The molecule has 12 rings (SSSR count). The van der Waals surface area contributed by atoms with Crippen LogP contribution in [0.4, 0.5) is 17.1 Å². The molecule has 0 unspecified atom stereocenters. The van der Waals surface area contributed by atoms with E-state index in [1.54, 1.807) is 0 Å². The number of anilines is 3. The van der Waals surface area contributed by atoms with E-state index < -0.39 is 0 Å². The fraction of sp³-hybridized carbons (Fsp3) is 0. The molecular weight excluding hydrogens is 775 g/mol. The molecular formula is C58H37NS2. The molecule has 3 heteroatoms. The maximum atomic E-state index is 2.52. The summed E-state index contributed by atoms with van der Waals surface area (Å²) in [5.41, 5.74) is 13.3. The largest absolute Gasteiger partial charge is 0.308 e. The first-order valence-corrected chi connectivity index (χ1v) is 22.4. The summed E-state index contributed by atoms with van der Waals surface area (Å²) >= 11 is 3.77. The number of thiophene rings is 2. The van der Waals surface area contributed by atoms with Gasteiger partial charge in [0.25, 0.3) is 0 Å². The molecule has 1 nitrogen and oxygen atoms in total. The lowest BCUT2D eigenvalue weighted by Gasteiger charge is -2.28. The lowest BCUT2D eigenvalue weighted by Crippen LogP contribution is -2.10. The summed E-state index contributed by atoms with van der Waals surface area (Å²) in [7, 11) is 0. The van der Waals surface area contributed by atoms with Crippen LogP contribution in [0.2, 0.25) is 0 Å². The monoisotopic (exact) mass is 811 g/mol. The fourth-order valence-corrected chi connectivity index (χ4v) is 11.7. The highest BCUT2D eigenvalue weighted by atomic mass is 32.1. The van der Waals surface area contributed by atoms with Crippen LogP contribution in [0, 0.1) is 0 Å². The average Bonchev–Trinajstić information content (AvgIpc) is 3.92. The van der Waals surface area contributed by atoms with Gasteiger partial charge in [-0.2, -0.15) is 0 Å². The van der Waals surface area contributed by atoms with Crippen LogP contribution in [0.1, 0.15) is 0 Å². The third-order valence-corrected chi connectivity index (χ3v) is 14.5. The summed E-state index contributed by atoms with van der Waals surface area (Å²) < 4.78 is 5.15. The van der Waals surface area contributed by atoms with E-state index in [-0.39, 0.29) is 0 Å². The van der Waals surface area contributed by atoms with Crippen molar-refractivity contribution in [2.75, 3.05) is 4.90 Å². The van der Waals surface area contributed by atoms with Crippen molar-refractivity contribution < 1.29 is 0 Å². The summed E-state index contributed by atoms with van der Waals surface area (Å²) in [5, 5.41) is 7.64. The normalized spacial score (nSPS) is 11.6. The van der Waals surface area contributed by atoms with Crippen LogP contribution in [0.3, 0.4) is 0 Å². The first-order chi connectivity index (χ1) is 30.2. The van der Waals surface area contributed by atoms with Crippen molar-refractivity contribution in [3.8, 4) is 44.5 Å². The first kappa shape index (κ1) is 35.6. The van der Waals surface area contributed by atoms with Gasteiger partial charge in [-0.1, -0.05) is 182 Å². The lowest BCUT2D eigenvalue weighted by atomic mass is 9.95. The highest BCUT2D eigenvalue weighted by molar-refractivity contribution is 7.27. The Kier molecular flexibility index (Phi) is 8.62. The SMILES string of the molecule is c1ccc(-c2ccc3c(c2)sc2c(N(c4ccc(-c5cccc(-c6cccc7ccccc67)c5)cc4)c4ccc(-c5ccccc5)c5sc6ccccc6c45)cccc23)cc1. The van der Waals surface area contributed by atoms with Gasteiger partial charge in [0.2, 0.25) is 0 Å². The minimum Gasteiger partial charge on any atom is -0.308 e. The summed E-state index contributed by atoms with van der Waals surface area (Å²) in [4.78, 5) is 2.52. The molecule has 0 aliphatic rings. The molecule has 61 heavy (non-hydrogen) atoms. The number of rotatable bonds is 7. The second-order valence-corrected chi connectivity index (χ2v) is 17.7.